The van der Waals surface area contributed by atoms with E-state index in [1.165, 1.54) is 27.8 Å². The van der Waals surface area contributed by atoms with E-state index in [1.54, 1.807) is 7.11 Å². The predicted octanol–water partition coefficient (Wildman–Crippen LogP) is 10.1. The summed E-state index contributed by atoms with van der Waals surface area (Å²) in [7, 11) is 1.60. The number of aryl methyl sites for hydroxylation is 3. The van der Waals surface area contributed by atoms with Gasteiger partial charge in [0.1, 0.15) is 24.7 Å². The van der Waals surface area contributed by atoms with Crippen molar-refractivity contribution >= 4 is 58.2 Å². The van der Waals surface area contributed by atoms with Crippen LogP contribution in [0.5, 0.6) is 17.2 Å². The number of likely N-dealkylation sites (tertiary alicyclic amines) is 1. The zero-order valence-electron chi connectivity index (χ0n) is 45.5. The van der Waals surface area contributed by atoms with Crippen LogP contribution in [0.1, 0.15) is 118 Å². The molecule has 15 heteroatoms. The van der Waals surface area contributed by atoms with Crippen LogP contribution in [0.2, 0.25) is 0 Å². The van der Waals surface area contributed by atoms with Gasteiger partial charge in [0.05, 0.1) is 32.2 Å². The molecule has 1 fully saturated rings. The Bertz CT molecular complexity index is 3050. The molecule has 10 rings (SSSR count). The number of anilines is 3. The number of fused-ring (bicyclic) bond motifs is 8. The van der Waals surface area contributed by atoms with Crippen molar-refractivity contribution in [2.24, 2.45) is 0 Å². The molecule has 0 radical (unpaired) electrons. The highest BCUT2D eigenvalue weighted by Crippen LogP contribution is 2.42. The lowest BCUT2D eigenvalue weighted by molar-refractivity contribution is -0.138. The second-order valence-corrected chi connectivity index (χ2v) is 22.2. The lowest BCUT2D eigenvalue weighted by Gasteiger charge is -2.26. The van der Waals surface area contributed by atoms with Gasteiger partial charge in [-0.25, -0.2) is 0 Å². The van der Waals surface area contributed by atoms with Crippen LogP contribution in [0.25, 0.3) is 0 Å². The minimum absolute atomic E-state index is 0.0271. The predicted molar refractivity (Wildman–Crippen MR) is 304 cm³/mol. The summed E-state index contributed by atoms with van der Waals surface area (Å²) in [4.78, 5) is 74.6. The second kappa shape index (κ2) is 25.0. The Morgan fingerprint density at radius 3 is 1.86 bits per heavy atom. The molecule has 5 heterocycles. The highest BCUT2D eigenvalue weighted by molar-refractivity contribution is 8.00. The Hall–Kier alpha value is -6.68. The average molecular weight is 1080 g/mol. The maximum Gasteiger partial charge on any atom is 0.258 e. The third-order valence-electron chi connectivity index (χ3n) is 16.0. The van der Waals surface area contributed by atoms with Gasteiger partial charge in [0.2, 0.25) is 11.8 Å². The fourth-order valence-electron chi connectivity index (χ4n) is 11.9. The molecule has 0 spiro atoms. The van der Waals surface area contributed by atoms with Crippen molar-refractivity contribution in [1.82, 2.24) is 4.90 Å². The molecule has 1 saturated heterocycles. The summed E-state index contributed by atoms with van der Waals surface area (Å²) < 4.78 is 31.1. The SMILES string of the molecule is CCCOCCOCCN(CCCC(=O)CCCN1C(=O)CC(SC)C1=O)c1cc(COc2cc3c(cc2C)C(=O)N2c4ccccc4C[C@H]2CC3)cc(COc2cc3c(cc2OC)C(=O)N2c4ccccc4C[C@H]2CC3)c1. The maximum absolute atomic E-state index is 14.3. The minimum Gasteiger partial charge on any atom is -0.493 e. The first-order chi connectivity index (χ1) is 38.0. The maximum atomic E-state index is 14.3. The molecular weight excluding hydrogens is 1000 g/mol. The molecule has 78 heavy (non-hydrogen) atoms. The van der Waals surface area contributed by atoms with Crippen molar-refractivity contribution in [1.29, 1.82) is 0 Å². The van der Waals surface area contributed by atoms with Gasteiger partial charge in [0, 0.05) is 85.8 Å². The van der Waals surface area contributed by atoms with E-state index in [1.807, 2.05) is 71.5 Å². The number of rotatable bonds is 25. The van der Waals surface area contributed by atoms with E-state index in [-0.39, 0.29) is 79.3 Å². The molecule has 5 aliphatic heterocycles. The molecule has 0 N–H and O–H groups in total. The molecule has 3 atom stereocenters. The molecule has 0 bridgehead atoms. The van der Waals surface area contributed by atoms with E-state index in [4.69, 9.17) is 23.7 Å². The van der Waals surface area contributed by atoms with Crippen LogP contribution >= 0.6 is 11.8 Å². The molecule has 0 aliphatic carbocycles. The highest BCUT2D eigenvalue weighted by Gasteiger charge is 2.40. The number of para-hydroxylation sites is 2. The molecule has 5 aromatic carbocycles. The van der Waals surface area contributed by atoms with Crippen molar-refractivity contribution in [3.8, 4) is 17.2 Å². The third kappa shape index (κ3) is 12.0. The standard InChI is InChI=1S/C63H72N4O10S/c1-5-25-74-27-28-75-26-24-64(22-10-14-51(68)15-11-23-65-60(69)38-59(78-4)63(65)72)50-31-42(39-76-56-35-44-18-20-48-33-46-12-6-8-16-54(46)66(48)61(70)52(44)29-41(56)2)30-43(32-50)40-77-58-36-45-19-21-49-34-47-13-7-9-17-55(47)67(49)62(71)53(45)37-57(58)73-3/h6-9,12-13,16-17,29-32,35-37,48-49,59H,5,10-11,14-15,18-28,33-34,38-40H2,1-4H3/t48-,49-,59?/m1/s1. The summed E-state index contributed by atoms with van der Waals surface area (Å²) in [5.74, 6) is 1.50. The molecule has 14 nitrogen and oxygen atoms in total. The quantitative estimate of drug-likeness (QED) is 0.0405. The Kier molecular flexibility index (Phi) is 17.5. The number of imide groups is 1. The number of carbonyl (C=O) groups is 5. The summed E-state index contributed by atoms with van der Waals surface area (Å²) in [6.45, 7) is 7.89. The summed E-state index contributed by atoms with van der Waals surface area (Å²) in [5.41, 5.74) is 11.2. The number of hydrogen-bond acceptors (Lipinski definition) is 12. The number of ketones is 1. The number of ether oxygens (including phenoxy) is 5. The molecule has 410 valence electrons. The zero-order chi connectivity index (χ0) is 54.3. The van der Waals surface area contributed by atoms with E-state index in [9.17, 15) is 24.0 Å². The van der Waals surface area contributed by atoms with E-state index in [2.05, 4.69) is 54.3 Å². The average Bonchev–Trinajstić information content (AvgIpc) is 4.24. The van der Waals surface area contributed by atoms with E-state index in [0.29, 0.717) is 75.8 Å². The molecule has 1 unspecified atom stereocenters. The van der Waals surface area contributed by atoms with E-state index < -0.39 is 0 Å². The number of methoxy groups -OCH3 is 1. The lowest BCUT2D eigenvalue weighted by Crippen LogP contribution is -2.36. The van der Waals surface area contributed by atoms with Crippen molar-refractivity contribution in [3.63, 3.8) is 0 Å². The van der Waals surface area contributed by atoms with Crippen molar-refractivity contribution in [2.75, 3.05) is 74.1 Å². The van der Waals surface area contributed by atoms with Gasteiger partial charge in [0.15, 0.2) is 11.5 Å². The van der Waals surface area contributed by atoms with Gasteiger partial charge in [0.25, 0.3) is 11.8 Å². The number of carbonyl (C=O) groups excluding carboxylic acids is 5. The molecular formula is C63H72N4O10S. The van der Waals surface area contributed by atoms with Gasteiger partial charge >= 0.3 is 0 Å². The third-order valence-corrected chi connectivity index (χ3v) is 16.9. The summed E-state index contributed by atoms with van der Waals surface area (Å²) in [5, 5.41) is -0.340. The summed E-state index contributed by atoms with van der Waals surface area (Å²) in [6.07, 6.45) is 9.47. The molecule has 0 saturated carbocycles. The molecule has 5 aliphatic rings. The Morgan fingerprint density at radius 2 is 1.24 bits per heavy atom. The number of thioether (sulfide) groups is 1. The van der Waals surface area contributed by atoms with Gasteiger partial charge < -0.3 is 38.4 Å². The van der Waals surface area contributed by atoms with Gasteiger partial charge in [-0.05, 0) is 165 Å². The van der Waals surface area contributed by atoms with Crippen LogP contribution in [-0.2, 0) is 62.8 Å². The van der Waals surface area contributed by atoms with Crippen LogP contribution in [-0.4, -0.2) is 111 Å². The number of Topliss-reactive ketones (excluding diaryl/α,β-unsaturated/α-hetero) is 1. The number of amides is 4. The number of nitrogens with zero attached hydrogens (tertiary/aromatic N) is 4. The summed E-state index contributed by atoms with van der Waals surface area (Å²) in [6, 6.07) is 30.7. The van der Waals surface area contributed by atoms with E-state index in [0.717, 1.165) is 101 Å². The van der Waals surface area contributed by atoms with Gasteiger partial charge in [-0.1, -0.05) is 43.3 Å². The fourth-order valence-corrected chi connectivity index (χ4v) is 12.6. The first kappa shape index (κ1) is 54.7. The topological polar surface area (TPSA) is 144 Å². The Balaban J connectivity index is 0.893. The fraction of sp³-hybridized carbons (Fsp3) is 0.444. The molecule has 4 amide bonds. The van der Waals surface area contributed by atoms with Crippen molar-refractivity contribution in [3.05, 3.63) is 141 Å². The number of hydrogen-bond donors (Lipinski definition) is 0. The smallest absolute Gasteiger partial charge is 0.258 e. The van der Waals surface area contributed by atoms with Crippen LogP contribution in [0.4, 0.5) is 17.1 Å². The molecule has 0 aromatic heterocycles. The Labute approximate surface area is 462 Å². The normalized spacial score (nSPS) is 18.2. The lowest BCUT2D eigenvalue weighted by atomic mass is 9.98. The van der Waals surface area contributed by atoms with Crippen molar-refractivity contribution in [2.45, 2.75) is 121 Å². The van der Waals surface area contributed by atoms with Crippen LogP contribution in [0.15, 0.2) is 91.0 Å². The summed E-state index contributed by atoms with van der Waals surface area (Å²) >= 11 is 1.39. The number of benzene rings is 5. The van der Waals surface area contributed by atoms with Crippen LogP contribution < -0.4 is 28.9 Å². The highest BCUT2D eigenvalue weighted by atomic mass is 32.2. The van der Waals surface area contributed by atoms with Gasteiger partial charge in [-0.15, -0.1) is 0 Å². The Morgan fingerprint density at radius 1 is 0.654 bits per heavy atom. The zero-order valence-corrected chi connectivity index (χ0v) is 46.3. The van der Waals surface area contributed by atoms with Crippen molar-refractivity contribution < 1.29 is 47.7 Å². The first-order valence-corrected chi connectivity index (χ1v) is 29.2. The minimum atomic E-state index is -0.340. The monoisotopic (exact) mass is 1080 g/mol. The largest absolute Gasteiger partial charge is 0.493 e. The van der Waals surface area contributed by atoms with Gasteiger partial charge in [-0.2, -0.15) is 11.8 Å². The van der Waals surface area contributed by atoms with Crippen LogP contribution in [0.3, 0.4) is 0 Å². The van der Waals surface area contributed by atoms with E-state index >= 15 is 0 Å². The molecule has 5 aromatic rings. The first-order valence-electron chi connectivity index (χ1n) is 27.9. The van der Waals surface area contributed by atoms with Crippen LogP contribution in [0, 0.1) is 6.92 Å². The second-order valence-electron chi connectivity index (χ2n) is 21.2. The van der Waals surface area contributed by atoms with Gasteiger partial charge in [-0.3, -0.25) is 28.9 Å².